The number of carbonyl (C=O) groups excluding carboxylic acids is 2. The van der Waals surface area contributed by atoms with Crippen LogP contribution in [-0.4, -0.2) is 39.6 Å². The number of nitrogens with one attached hydrogen (secondary N) is 2. The molecule has 11 heteroatoms. The van der Waals surface area contributed by atoms with E-state index in [1.807, 2.05) is 0 Å². The topological polar surface area (TPSA) is 117 Å². The maximum atomic E-state index is 13.4. The van der Waals surface area contributed by atoms with Crippen molar-refractivity contribution in [2.45, 2.75) is 18.7 Å². The Morgan fingerprint density at radius 1 is 1.00 bits per heavy atom. The van der Waals surface area contributed by atoms with Crippen LogP contribution in [0.2, 0.25) is 5.02 Å². The lowest BCUT2D eigenvalue weighted by molar-refractivity contribution is -0.119. The smallest absolute Gasteiger partial charge is 0.264 e. The maximum Gasteiger partial charge on any atom is 0.264 e. The normalized spacial score (nSPS) is 11.5. The molecule has 0 bridgehead atoms. The zero-order chi connectivity index (χ0) is 26.3. The number of sulfonamides is 1. The van der Waals surface area contributed by atoms with Gasteiger partial charge in [0.2, 0.25) is 5.91 Å². The molecule has 188 valence electrons. The van der Waals surface area contributed by atoms with Crippen LogP contribution in [0, 0.1) is 0 Å². The van der Waals surface area contributed by atoms with Crippen molar-refractivity contribution in [3.63, 3.8) is 0 Å². The molecule has 0 aliphatic rings. The summed E-state index contributed by atoms with van der Waals surface area (Å²) < 4.78 is 32.9. The van der Waals surface area contributed by atoms with Crippen LogP contribution in [0.4, 0.5) is 11.4 Å². The van der Waals surface area contributed by atoms with Gasteiger partial charge in [-0.2, -0.15) is 5.10 Å². The van der Waals surface area contributed by atoms with E-state index in [2.05, 4.69) is 15.8 Å². The van der Waals surface area contributed by atoms with Crippen LogP contribution in [-0.2, 0) is 19.6 Å². The highest BCUT2D eigenvalue weighted by atomic mass is 35.5. The Hall–Kier alpha value is -3.89. The van der Waals surface area contributed by atoms with Gasteiger partial charge < -0.3 is 10.1 Å². The molecule has 0 spiro atoms. The summed E-state index contributed by atoms with van der Waals surface area (Å²) in [5.41, 5.74) is 4.46. The molecule has 2 amide bonds. The van der Waals surface area contributed by atoms with Crippen LogP contribution >= 0.6 is 11.6 Å². The average Bonchev–Trinajstić information content (AvgIpc) is 2.85. The molecule has 0 atom stereocenters. The first-order chi connectivity index (χ1) is 17.1. The lowest BCUT2D eigenvalue weighted by atomic mass is 10.1. The van der Waals surface area contributed by atoms with Gasteiger partial charge in [-0.3, -0.25) is 13.9 Å². The molecule has 0 fully saturated rings. The highest BCUT2D eigenvalue weighted by molar-refractivity contribution is 7.92. The third-order valence-electron chi connectivity index (χ3n) is 5.00. The number of anilines is 2. The molecule has 9 nitrogen and oxygen atoms in total. The fraction of sp³-hybridized carbons (Fsp3) is 0.160. The Morgan fingerprint density at radius 3 is 2.25 bits per heavy atom. The molecule has 2 N–H and O–H groups in total. The summed E-state index contributed by atoms with van der Waals surface area (Å²) in [6.45, 7) is 2.57. The van der Waals surface area contributed by atoms with E-state index < -0.39 is 22.5 Å². The fourth-order valence-electron chi connectivity index (χ4n) is 3.20. The first-order valence-electron chi connectivity index (χ1n) is 10.7. The number of hydrogen-bond donors (Lipinski definition) is 2. The quantitative estimate of drug-likeness (QED) is 0.321. The Bertz CT molecular complexity index is 1370. The zero-order valence-electron chi connectivity index (χ0n) is 19.9. The Balaban J connectivity index is 1.82. The Kier molecular flexibility index (Phi) is 8.68. The number of carbonyl (C=O) groups is 2. The summed E-state index contributed by atoms with van der Waals surface area (Å²) in [6, 6.07) is 18.9. The summed E-state index contributed by atoms with van der Waals surface area (Å²) in [7, 11) is -2.64. The summed E-state index contributed by atoms with van der Waals surface area (Å²) in [6.07, 6.45) is 0. The summed E-state index contributed by atoms with van der Waals surface area (Å²) in [5.74, 6) is -0.341. The van der Waals surface area contributed by atoms with E-state index in [-0.39, 0.29) is 16.5 Å². The minimum absolute atomic E-state index is 0.0185. The van der Waals surface area contributed by atoms with E-state index in [0.29, 0.717) is 27.7 Å². The second-order valence-electron chi connectivity index (χ2n) is 7.66. The van der Waals surface area contributed by atoms with Gasteiger partial charge >= 0.3 is 0 Å². The van der Waals surface area contributed by atoms with Crippen molar-refractivity contribution in [1.29, 1.82) is 0 Å². The molecule has 0 radical (unpaired) electrons. The number of hydrogen-bond acceptors (Lipinski definition) is 6. The maximum absolute atomic E-state index is 13.4. The third-order valence-corrected chi connectivity index (χ3v) is 7.03. The second-order valence-corrected chi connectivity index (χ2v) is 9.96. The molecule has 0 saturated heterocycles. The Morgan fingerprint density at radius 2 is 1.67 bits per heavy atom. The molecule has 3 rings (SSSR count). The fourth-order valence-corrected chi connectivity index (χ4v) is 4.79. The predicted molar refractivity (Wildman–Crippen MR) is 140 cm³/mol. The van der Waals surface area contributed by atoms with Crippen LogP contribution < -0.4 is 19.8 Å². The molecular weight excluding hydrogens is 504 g/mol. The average molecular weight is 529 g/mol. The number of ether oxygens (including phenoxy) is 1. The van der Waals surface area contributed by atoms with Crippen molar-refractivity contribution in [2.24, 2.45) is 5.10 Å². The van der Waals surface area contributed by atoms with Crippen molar-refractivity contribution >= 4 is 50.5 Å². The number of amides is 2. The highest BCUT2D eigenvalue weighted by Gasteiger charge is 2.27. The molecular formula is C25H25ClN4O5S. The molecule has 0 saturated carbocycles. The first kappa shape index (κ1) is 26.7. The number of hydrazone groups is 1. The van der Waals surface area contributed by atoms with Crippen molar-refractivity contribution in [3.05, 3.63) is 83.4 Å². The van der Waals surface area contributed by atoms with Gasteiger partial charge in [0.1, 0.15) is 12.3 Å². The molecule has 0 heterocycles. The van der Waals surface area contributed by atoms with E-state index >= 15 is 0 Å². The number of benzene rings is 3. The third kappa shape index (κ3) is 6.83. The monoisotopic (exact) mass is 528 g/mol. The SMILES string of the molecule is COc1ccc(S(=O)(=O)N(CC(=O)N/N=C(/C)c2ccc(NC(C)=O)cc2)c2cccc(Cl)c2)cc1. The van der Waals surface area contributed by atoms with Gasteiger partial charge in [-0.1, -0.05) is 29.8 Å². The largest absolute Gasteiger partial charge is 0.497 e. The van der Waals surface area contributed by atoms with Gasteiger partial charge in [-0.05, 0) is 67.1 Å². The summed E-state index contributed by atoms with van der Waals surface area (Å²) in [5, 5.41) is 7.08. The van der Waals surface area contributed by atoms with Gasteiger partial charge in [0.05, 0.1) is 23.4 Å². The lowest BCUT2D eigenvalue weighted by Crippen LogP contribution is -2.39. The number of methoxy groups -OCH3 is 1. The molecule has 3 aromatic carbocycles. The molecule has 0 aliphatic carbocycles. The standard InChI is InChI=1S/C25H25ClN4O5S/c1-17(19-7-9-21(10-8-19)27-18(2)31)28-29-25(32)16-30(22-6-4-5-20(26)15-22)36(33,34)24-13-11-23(35-3)12-14-24/h4-15H,16H2,1-3H3,(H,27,31)(H,29,32)/b28-17-. The van der Waals surface area contributed by atoms with Crippen LogP contribution in [0.3, 0.4) is 0 Å². The van der Waals surface area contributed by atoms with E-state index in [1.54, 1.807) is 49.4 Å². The first-order valence-corrected chi connectivity index (χ1v) is 12.6. The highest BCUT2D eigenvalue weighted by Crippen LogP contribution is 2.27. The number of halogens is 1. The number of nitrogens with zero attached hydrogens (tertiary/aromatic N) is 2. The van der Waals surface area contributed by atoms with Crippen molar-refractivity contribution in [2.75, 3.05) is 23.3 Å². The van der Waals surface area contributed by atoms with E-state index in [4.69, 9.17) is 16.3 Å². The minimum atomic E-state index is -4.12. The van der Waals surface area contributed by atoms with E-state index in [9.17, 15) is 18.0 Å². The molecule has 0 aromatic heterocycles. The van der Waals surface area contributed by atoms with Gasteiger partial charge in [0.15, 0.2) is 0 Å². The van der Waals surface area contributed by atoms with E-state index in [1.165, 1.54) is 44.4 Å². The zero-order valence-corrected chi connectivity index (χ0v) is 21.4. The molecule has 3 aromatic rings. The predicted octanol–water partition coefficient (Wildman–Crippen LogP) is 4.04. The van der Waals surface area contributed by atoms with Gasteiger partial charge in [-0.25, -0.2) is 13.8 Å². The van der Waals surface area contributed by atoms with Crippen molar-refractivity contribution < 1.29 is 22.7 Å². The van der Waals surface area contributed by atoms with Crippen molar-refractivity contribution in [3.8, 4) is 5.75 Å². The van der Waals surface area contributed by atoms with Gasteiger partial charge in [-0.15, -0.1) is 0 Å². The van der Waals surface area contributed by atoms with Gasteiger partial charge in [0, 0.05) is 17.6 Å². The summed E-state index contributed by atoms with van der Waals surface area (Å²) >= 11 is 6.09. The molecule has 0 aliphatic heterocycles. The second kappa shape index (κ2) is 11.7. The van der Waals surface area contributed by atoms with Crippen LogP contribution in [0.5, 0.6) is 5.75 Å². The van der Waals surface area contributed by atoms with Gasteiger partial charge in [0.25, 0.3) is 15.9 Å². The van der Waals surface area contributed by atoms with Crippen LogP contribution in [0.25, 0.3) is 0 Å². The Labute approximate surface area is 214 Å². The van der Waals surface area contributed by atoms with Crippen LogP contribution in [0.1, 0.15) is 19.4 Å². The van der Waals surface area contributed by atoms with Crippen molar-refractivity contribution in [1.82, 2.24) is 5.43 Å². The van der Waals surface area contributed by atoms with E-state index in [0.717, 1.165) is 4.31 Å². The van der Waals surface area contributed by atoms with Crippen LogP contribution in [0.15, 0.2) is 82.8 Å². The number of rotatable bonds is 9. The summed E-state index contributed by atoms with van der Waals surface area (Å²) in [4.78, 5) is 23.9. The molecule has 36 heavy (non-hydrogen) atoms. The minimum Gasteiger partial charge on any atom is -0.497 e. The lowest BCUT2D eigenvalue weighted by Gasteiger charge is -2.24. The molecule has 0 unspecified atom stereocenters.